The van der Waals surface area contributed by atoms with Crippen molar-refractivity contribution in [2.75, 3.05) is 11.9 Å². The molecule has 0 heterocycles. The largest absolute Gasteiger partial charge is 0.370 e. The Bertz CT molecular complexity index is 632. The smallest absolute Gasteiger partial charge is 0.269 e. The van der Waals surface area contributed by atoms with Crippen LogP contribution in [0.25, 0.3) is 0 Å². The minimum atomic E-state index is -0.461. The molecule has 0 aliphatic carbocycles. The number of rotatable bonds is 4. The Kier molecular flexibility index (Phi) is 4.20. The summed E-state index contributed by atoms with van der Waals surface area (Å²) in [6.45, 7) is 0.395. The van der Waals surface area contributed by atoms with E-state index in [9.17, 15) is 14.5 Å². The van der Waals surface area contributed by atoms with E-state index >= 15 is 0 Å². The number of nitrogens with zero attached hydrogens (tertiary/aromatic N) is 2. The van der Waals surface area contributed by atoms with Crippen LogP contribution in [0, 0.1) is 15.9 Å². The Morgan fingerprint density at radius 3 is 2.50 bits per heavy atom. The summed E-state index contributed by atoms with van der Waals surface area (Å²) < 4.78 is 12.9. The average molecular weight is 295 g/mol. The van der Waals surface area contributed by atoms with Crippen LogP contribution in [0.1, 0.15) is 5.56 Å². The molecular weight excluding hydrogens is 283 g/mol. The van der Waals surface area contributed by atoms with Gasteiger partial charge < -0.3 is 4.90 Å². The molecule has 6 heteroatoms. The Hall–Kier alpha value is -2.14. The third-order valence-electron chi connectivity index (χ3n) is 2.92. The van der Waals surface area contributed by atoms with E-state index < -0.39 is 4.92 Å². The summed E-state index contributed by atoms with van der Waals surface area (Å²) in [5.41, 5.74) is 1.44. The molecule has 0 aliphatic heterocycles. The molecule has 0 bridgehead atoms. The molecule has 0 N–H and O–H groups in total. The Labute approximate surface area is 120 Å². The SMILES string of the molecule is CN(Cc1cc([N+](=O)[O-])ccc1Cl)c1ccc(F)cc1. The number of nitro groups is 1. The molecule has 0 spiro atoms. The Morgan fingerprint density at radius 2 is 1.90 bits per heavy atom. The minimum absolute atomic E-state index is 0.00286. The first-order valence-corrected chi connectivity index (χ1v) is 6.24. The molecule has 2 rings (SSSR count). The molecule has 2 aromatic carbocycles. The summed E-state index contributed by atoms with van der Waals surface area (Å²) in [6.07, 6.45) is 0. The van der Waals surface area contributed by atoms with Crippen molar-refractivity contribution in [2.24, 2.45) is 0 Å². The van der Waals surface area contributed by atoms with E-state index in [4.69, 9.17) is 11.6 Å². The van der Waals surface area contributed by atoms with Gasteiger partial charge in [-0.3, -0.25) is 10.1 Å². The van der Waals surface area contributed by atoms with Crippen LogP contribution >= 0.6 is 11.6 Å². The van der Waals surface area contributed by atoms with Gasteiger partial charge in [0.25, 0.3) is 5.69 Å². The maximum atomic E-state index is 12.9. The Morgan fingerprint density at radius 1 is 1.25 bits per heavy atom. The van der Waals surface area contributed by atoms with Crippen LogP contribution in [-0.4, -0.2) is 12.0 Å². The second-order valence-corrected chi connectivity index (χ2v) is 4.77. The average Bonchev–Trinajstić information content (AvgIpc) is 2.41. The van der Waals surface area contributed by atoms with E-state index in [1.165, 1.54) is 30.3 Å². The molecule has 104 valence electrons. The summed E-state index contributed by atoms with van der Waals surface area (Å²) in [7, 11) is 1.81. The van der Waals surface area contributed by atoms with E-state index in [1.807, 2.05) is 11.9 Å². The molecular formula is C14H12ClFN2O2. The number of hydrogen-bond acceptors (Lipinski definition) is 3. The van der Waals surface area contributed by atoms with Gasteiger partial charge in [0.05, 0.1) is 4.92 Å². The monoisotopic (exact) mass is 294 g/mol. The van der Waals surface area contributed by atoms with Crippen molar-refractivity contribution >= 4 is 23.0 Å². The normalized spacial score (nSPS) is 10.3. The van der Waals surface area contributed by atoms with Crippen LogP contribution in [0.5, 0.6) is 0 Å². The fourth-order valence-electron chi connectivity index (χ4n) is 1.84. The summed E-state index contributed by atoms with van der Waals surface area (Å²) in [5, 5.41) is 11.2. The van der Waals surface area contributed by atoms with Crippen LogP contribution in [0.2, 0.25) is 5.02 Å². The van der Waals surface area contributed by atoms with Gasteiger partial charge in [0.15, 0.2) is 0 Å². The zero-order valence-electron chi connectivity index (χ0n) is 10.7. The maximum Gasteiger partial charge on any atom is 0.269 e. The number of hydrogen-bond donors (Lipinski definition) is 0. The van der Waals surface area contributed by atoms with Gasteiger partial charge in [0, 0.05) is 36.4 Å². The van der Waals surface area contributed by atoms with Crippen molar-refractivity contribution in [2.45, 2.75) is 6.54 Å². The van der Waals surface area contributed by atoms with Gasteiger partial charge in [0.2, 0.25) is 0 Å². The van der Waals surface area contributed by atoms with Gasteiger partial charge in [-0.1, -0.05) is 11.6 Å². The van der Waals surface area contributed by atoms with E-state index in [-0.39, 0.29) is 11.5 Å². The quantitative estimate of drug-likeness (QED) is 0.632. The molecule has 0 radical (unpaired) electrons. The molecule has 0 atom stereocenters. The first-order chi connectivity index (χ1) is 9.47. The molecule has 0 aliphatic rings. The van der Waals surface area contributed by atoms with Crippen LogP contribution in [-0.2, 0) is 6.54 Å². The second-order valence-electron chi connectivity index (χ2n) is 4.37. The van der Waals surface area contributed by atoms with Crippen molar-refractivity contribution in [1.82, 2.24) is 0 Å². The van der Waals surface area contributed by atoms with E-state index in [2.05, 4.69) is 0 Å². The van der Waals surface area contributed by atoms with Gasteiger partial charge >= 0.3 is 0 Å². The van der Waals surface area contributed by atoms with E-state index in [0.29, 0.717) is 17.1 Å². The molecule has 0 fully saturated rings. The number of nitro benzene ring substituents is 1. The lowest BCUT2D eigenvalue weighted by Gasteiger charge is -2.20. The summed E-state index contributed by atoms with van der Waals surface area (Å²) in [5.74, 6) is -0.310. The third kappa shape index (κ3) is 3.24. The number of halogens is 2. The zero-order valence-corrected chi connectivity index (χ0v) is 11.5. The second kappa shape index (κ2) is 5.88. The maximum absolute atomic E-state index is 12.9. The number of anilines is 1. The van der Waals surface area contributed by atoms with Gasteiger partial charge in [-0.15, -0.1) is 0 Å². The molecule has 0 aromatic heterocycles. The highest BCUT2D eigenvalue weighted by molar-refractivity contribution is 6.31. The van der Waals surface area contributed by atoms with Gasteiger partial charge in [-0.25, -0.2) is 4.39 Å². The van der Waals surface area contributed by atoms with Gasteiger partial charge in [0.1, 0.15) is 5.82 Å². The lowest BCUT2D eigenvalue weighted by Crippen LogP contribution is -2.16. The highest BCUT2D eigenvalue weighted by Gasteiger charge is 2.11. The molecule has 4 nitrogen and oxygen atoms in total. The van der Waals surface area contributed by atoms with Crippen molar-refractivity contribution in [1.29, 1.82) is 0 Å². The fraction of sp³-hybridized carbons (Fsp3) is 0.143. The summed E-state index contributed by atoms with van der Waals surface area (Å²) in [4.78, 5) is 12.1. The summed E-state index contributed by atoms with van der Waals surface area (Å²) >= 11 is 6.05. The van der Waals surface area contributed by atoms with Gasteiger partial charge in [-0.05, 0) is 35.9 Å². The zero-order chi connectivity index (χ0) is 14.7. The first kappa shape index (κ1) is 14.3. The van der Waals surface area contributed by atoms with E-state index in [0.717, 1.165) is 5.69 Å². The van der Waals surface area contributed by atoms with Crippen LogP contribution in [0.3, 0.4) is 0 Å². The molecule has 0 saturated heterocycles. The first-order valence-electron chi connectivity index (χ1n) is 5.87. The molecule has 0 unspecified atom stereocenters. The lowest BCUT2D eigenvalue weighted by atomic mass is 10.2. The van der Waals surface area contributed by atoms with Crippen molar-refractivity contribution in [3.8, 4) is 0 Å². The standard InChI is InChI=1S/C14H12ClFN2O2/c1-17(12-4-2-11(16)3-5-12)9-10-8-13(18(19)20)6-7-14(10)15/h2-8H,9H2,1H3. The van der Waals surface area contributed by atoms with Crippen molar-refractivity contribution in [3.05, 3.63) is 69.0 Å². The molecule has 0 amide bonds. The van der Waals surface area contributed by atoms with Crippen molar-refractivity contribution in [3.63, 3.8) is 0 Å². The van der Waals surface area contributed by atoms with Crippen LogP contribution in [0.4, 0.5) is 15.8 Å². The van der Waals surface area contributed by atoms with E-state index in [1.54, 1.807) is 12.1 Å². The number of benzene rings is 2. The topological polar surface area (TPSA) is 46.4 Å². The molecule has 20 heavy (non-hydrogen) atoms. The predicted molar refractivity (Wildman–Crippen MR) is 76.6 cm³/mol. The predicted octanol–water partition coefficient (Wildman–Crippen LogP) is 4.02. The van der Waals surface area contributed by atoms with Gasteiger partial charge in [-0.2, -0.15) is 0 Å². The highest BCUT2D eigenvalue weighted by atomic mass is 35.5. The van der Waals surface area contributed by atoms with Crippen molar-refractivity contribution < 1.29 is 9.31 Å². The van der Waals surface area contributed by atoms with Crippen LogP contribution < -0.4 is 4.90 Å². The molecule has 2 aromatic rings. The van der Waals surface area contributed by atoms with Crippen LogP contribution in [0.15, 0.2) is 42.5 Å². The summed E-state index contributed by atoms with van der Waals surface area (Å²) in [6, 6.07) is 10.3. The minimum Gasteiger partial charge on any atom is -0.370 e. The molecule has 0 saturated carbocycles. The highest BCUT2D eigenvalue weighted by Crippen LogP contribution is 2.25. The number of non-ortho nitro benzene ring substituents is 1. The third-order valence-corrected chi connectivity index (χ3v) is 3.28. The fourth-order valence-corrected chi connectivity index (χ4v) is 2.02. The Balaban J connectivity index is 2.22. The lowest BCUT2D eigenvalue weighted by molar-refractivity contribution is -0.384.